The maximum Gasteiger partial charge on any atom is 0.254 e. The van der Waals surface area contributed by atoms with Crippen molar-refractivity contribution in [1.29, 1.82) is 0 Å². The third-order valence-electron chi connectivity index (χ3n) is 4.00. The fourth-order valence-corrected chi connectivity index (χ4v) is 2.77. The standard InChI is InChI=1S/C18H19NO/c1-2-14-8-9-15-10-11-19(13-17(15)12-14)18(20)16-6-4-3-5-7-16/h3-9,12H,2,10-11,13H2,1H3. The predicted molar refractivity (Wildman–Crippen MR) is 80.7 cm³/mol. The first-order chi connectivity index (χ1) is 9.78. The van der Waals surface area contributed by atoms with Gasteiger partial charge in [-0.2, -0.15) is 0 Å². The normalized spacial score (nSPS) is 13.9. The molecule has 2 aromatic carbocycles. The Bertz CT molecular complexity index is 619. The summed E-state index contributed by atoms with van der Waals surface area (Å²) in [6.45, 7) is 3.71. The average molecular weight is 265 g/mol. The van der Waals surface area contributed by atoms with Gasteiger partial charge >= 0.3 is 0 Å². The molecule has 1 amide bonds. The summed E-state index contributed by atoms with van der Waals surface area (Å²) in [6.07, 6.45) is 2.00. The quantitative estimate of drug-likeness (QED) is 0.814. The van der Waals surface area contributed by atoms with Gasteiger partial charge in [0.2, 0.25) is 0 Å². The number of hydrogen-bond donors (Lipinski definition) is 0. The van der Waals surface area contributed by atoms with E-state index >= 15 is 0 Å². The van der Waals surface area contributed by atoms with Gasteiger partial charge in [-0.3, -0.25) is 4.79 Å². The van der Waals surface area contributed by atoms with E-state index in [0.717, 1.165) is 31.5 Å². The van der Waals surface area contributed by atoms with Crippen molar-refractivity contribution < 1.29 is 4.79 Å². The fourth-order valence-electron chi connectivity index (χ4n) is 2.77. The zero-order valence-electron chi connectivity index (χ0n) is 11.8. The number of carbonyl (C=O) groups excluding carboxylic acids is 1. The number of nitrogens with zero attached hydrogens (tertiary/aromatic N) is 1. The lowest BCUT2D eigenvalue weighted by Gasteiger charge is -2.29. The van der Waals surface area contributed by atoms with Gasteiger partial charge in [0.25, 0.3) is 5.91 Å². The summed E-state index contributed by atoms with van der Waals surface area (Å²) in [7, 11) is 0. The second-order valence-corrected chi connectivity index (χ2v) is 5.30. The van der Waals surface area contributed by atoms with E-state index in [1.54, 1.807) is 0 Å². The highest BCUT2D eigenvalue weighted by Gasteiger charge is 2.21. The van der Waals surface area contributed by atoms with Gasteiger partial charge in [-0.15, -0.1) is 0 Å². The molecule has 1 aliphatic heterocycles. The topological polar surface area (TPSA) is 20.3 Å². The summed E-state index contributed by atoms with van der Waals surface area (Å²) in [4.78, 5) is 14.4. The van der Waals surface area contributed by atoms with Crippen LogP contribution in [0, 0.1) is 0 Å². The molecule has 2 nitrogen and oxygen atoms in total. The highest BCUT2D eigenvalue weighted by molar-refractivity contribution is 5.94. The monoisotopic (exact) mass is 265 g/mol. The van der Waals surface area contributed by atoms with E-state index < -0.39 is 0 Å². The molecule has 2 aromatic rings. The van der Waals surface area contributed by atoms with Crippen molar-refractivity contribution in [2.24, 2.45) is 0 Å². The molecule has 0 bridgehead atoms. The Morgan fingerprint density at radius 3 is 2.65 bits per heavy atom. The summed E-state index contributed by atoms with van der Waals surface area (Å²) >= 11 is 0. The molecule has 3 rings (SSSR count). The van der Waals surface area contributed by atoms with Gasteiger partial charge in [-0.05, 0) is 41.7 Å². The summed E-state index contributed by atoms with van der Waals surface area (Å²) < 4.78 is 0. The van der Waals surface area contributed by atoms with E-state index in [1.165, 1.54) is 16.7 Å². The Hall–Kier alpha value is -2.09. The highest BCUT2D eigenvalue weighted by Crippen LogP contribution is 2.22. The minimum Gasteiger partial charge on any atom is -0.334 e. The van der Waals surface area contributed by atoms with Crippen molar-refractivity contribution in [2.45, 2.75) is 26.3 Å². The summed E-state index contributed by atoms with van der Waals surface area (Å²) in [6, 6.07) is 16.2. The van der Waals surface area contributed by atoms with Gasteiger partial charge in [0, 0.05) is 18.7 Å². The molecule has 2 heteroatoms. The van der Waals surface area contributed by atoms with Gasteiger partial charge in [0.15, 0.2) is 0 Å². The number of benzene rings is 2. The minimum absolute atomic E-state index is 0.137. The molecule has 0 N–H and O–H groups in total. The summed E-state index contributed by atoms with van der Waals surface area (Å²) in [5.41, 5.74) is 4.82. The molecule has 102 valence electrons. The summed E-state index contributed by atoms with van der Waals surface area (Å²) in [5.74, 6) is 0.137. The molecular weight excluding hydrogens is 246 g/mol. The van der Waals surface area contributed by atoms with E-state index in [2.05, 4.69) is 25.1 Å². The average Bonchev–Trinajstić information content (AvgIpc) is 2.54. The molecule has 1 aliphatic rings. The number of rotatable bonds is 2. The second-order valence-electron chi connectivity index (χ2n) is 5.30. The number of aryl methyl sites for hydroxylation is 1. The first-order valence-corrected chi connectivity index (χ1v) is 7.23. The second kappa shape index (κ2) is 5.49. The highest BCUT2D eigenvalue weighted by atomic mass is 16.2. The van der Waals surface area contributed by atoms with Crippen LogP contribution in [0.3, 0.4) is 0 Å². The van der Waals surface area contributed by atoms with Gasteiger partial charge < -0.3 is 4.90 Å². The van der Waals surface area contributed by atoms with Crippen LogP contribution >= 0.6 is 0 Å². The lowest BCUT2D eigenvalue weighted by atomic mass is 9.96. The van der Waals surface area contributed by atoms with Crippen molar-refractivity contribution in [3.8, 4) is 0 Å². The molecule has 20 heavy (non-hydrogen) atoms. The van der Waals surface area contributed by atoms with Crippen molar-refractivity contribution in [2.75, 3.05) is 6.54 Å². The fraction of sp³-hybridized carbons (Fsp3) is 0.278. The van der Waals surface area contributed by atoms with Gasteiger partial charge in [-0.1, -0.05) is 43.3 Å². The molecule has 0 radical (unpaired) electrons. The van der Waals surface area contributed by atoms with Crippen LogP contribution in [-0.2, 0) is 19.4 Å². The van der Waals surface area contributed by atoms with Crippen molar-refractivity contribution in [3.63, 3.8) is 0 Å². The van der Waals surface area contributed by atoms with E-state index in [0.29, 0.717) is 0 Å². The maximum absolute atomic E-state index is 12.5. The van der Waals surface area contributed by atoms with Crippen LogP contribution in [0.5, 0.6) is 0 Å². The molecule has 0 spiro atoms. The molecule has 1 heterocycles. The Morgan fingerprint density at radius 2 is 1.90 bits per heavy atom. The molecule has 0 saturated carbocycles. The zero-order valence-corrected chi connectivity index (χ0v) is 11.8. The number of carbonyl (C=O) groups is 1. The SMILES string of the molecule is CCc1ccc2c(c1)CN(C(=O)c1ccccc1)CC2. The number of fused-ring (bicyclic) bond motifs is 1. The lowest BCUT2D eigenvalue weighted by Crippen LogP contribution is -2.36. The van der Waals surface area contributed by atoms with Crippen LogP contribution in [0.2, 0.25) is 0 Å². The van der Waals surface area contributed by atoms with E-state index in [-0.39, 0.29) is 5.91 Å². The minimum atomic E-state index is 0.137. The molecule has 0 atom stereocenters. The predicted octanol–water partition coefficient (Wildman–Crippen LogP) is 3.45. The van der Waals surface area contributed by atoms with Crippen molar-refractivity contribution >= 4 is 5.91 Å². The van der Waals surface area contributed by atoms with Crippen molar-refractivity contribution in [3.05, 3.63) is 70.8 Å². The Labute approximate surface area is 120 Å². The molecule has 0 aliphatic carbocycles. The smallest absolute Gasteiger partial charge is 0.254 e. The molecule has 0 saturated heterocycles. The first-order valence-electron chi connectivity index (χ1n) is 7.23. The molecular formula is C18H19NO. The Kier molecular flexibility index (Phi) is 3.55. The van der Waals surface area contributed by atoms with Crippen LogP contribution in [0.1, 0.15) is 34.0 Å². The number of hydrogen-bond acceptors (Lipinski definition) is 1. The Morgan fingerprint density at radius 1 is 1.10 bits per heavy atom. The van der Waals surface area contributed by atoms with Crippen LogP contribution < -0.4 is 0 Å². The first kappa shape index (κ1) is 12.9. The van der Waals surface area contributed by atoms with Gasteiger partial charge in [0.05, 0.1) is 0 Å². The van der Waals surface area contributed by atoms with E-state index in [4.69, 9.17) is 0 Å². The molecule has 0 fully saturated rings. The van der Waals surface area contributed by atoms with Crippen molar-refractivity contribution in [1.82, 2.24) is 4.90 Å². The third-order valence-corrected chi connectivity index (χ3v) is 4.00. The number of amides is 1. The molecule has 0 aromatic heterocycles. The van der Waals surface area contributed by atoms with Crippen LogP contribution in [-0.4, -0.2) is 17.4 Å². The van der Waals surface area contributed by atoms with E-state index in [1.807, 2.05) is 35.2 Å². The Balaban J connectivity index is 1.83. The largest absolute Gasteiger partial charge is 0.334 e. The maximum atomic E-state index is 12.5. The lowest BCUT2D eigenvalue weighted by molar-refractivity contribution is 0.0734. The van der Waals surface area contributed by atoms with E-state index in [9.17, 15) is 4.79 Å². The summed E-state index contributed by atoms with van der Waals surface area (Å²) in [5, 5.41) is 0. The van der Waals surface area contributed by atoms with Gasteiger partial charge in [-0.25, -0.2) is 0 Å². The van der Waals surface area contributed by atoms with Crippen LogP contribution in [0.25, 0.3) is 0 Å². The van der Waals surface area contributed by atoms with Crippen LogP contribution in [0.15, 0.2) is 48.5 Å². The molecule has 0 unspecified atom stereocenters. The van der Waals surface area contributed by atoms with Crippen LogP contribution in [0.4, 0.5) is 0 Å². The van der Waals surface area contributed by atoms with Gasteiger partial charge in [0.1, 0.15) is 0 Å². The third kappa shape index (κ3) is 2.46. The zero-order chi connectivity index (χ0) is 13.9.